The number of rotatable bonds is 6. The van der Waals surface area contributed by atoms with Crippen molar-refractivity contribution < 1.29 is 17.9 Å². The zero-order valence-electron chi connectivity index (χ0n) is 21.0. The topological polar surface area (TPSA) is 91.8 Å². The smallest absolute Gasteiger partial charge is 0.413 e. The van der Waals surface area contributed by atoms with Crippen molar-refractivity contribution in [3.63, 3.8) is 0 Å². The summed E-state index contributed by atoms with van der Waals surface area (Å²) < 4.78 is 33.4. The fourth-order valence-corrected chi connectivity index (χ4v) is 6.27. The lowest BCUT2D eigenvalue weighted by molar-refractivity contribution is 0.0635. The lowest BCUT2D eigenvalue weighted by atomic mass is 10.1. The molecule has 1 amide bonds. The first-order valence-electron chi connectivity index (χ1n) is 12.0. The molecule has 0 unspecified atom stereocenters. The third-order valence-electron chi connectivity index (χ3n) is 5.65. The number of aromatic nitrogens is 1. The van der Waals surface area contributed by atoms with Gasteiger partial charge in [-0.05, 0) is 76.9 Å². The van der Waals surface area contributed by atoms with Crippen molar-refractivity contribution in [2.75, 3.05) is 29.9 Å². The minimum absolute atomic E-state index is 0.0651. The molecule has 1 aliphatic carbocycles. The molecule has 8 nitrogen and oxygen atoms in total. The SMILES string of the molecule is CC#C[C@H]1CN(S(=O)(=O)c2ccc(NC(=O)OC(C)(C)C)nc2)CCN1c1ccc(SC2CC2)cc1. The largest absolute Gasteiger partial charge is 0.444 e. The van der Waals surface area contributed by atoms with Crippen LogP contribution >= 0.6 is 11.8 Å². The number of nitrogens with one attached hydrogen (secondary N) is 1. The average Bonchev–Trinajstić information content (AvgIpc) is 3.63. The molecule has 1 aromatic carbocycles. The number of sulfonamides is 1. The number of hydrogen-bond donors (Lipinski definition) is 1. The number of pyridine rings is 1. The van der Waals surface area contributed by atoms with Gasteiger partial charge in [-0.15, -0.1) is 17.7 Å². The summed E-state index contributed by atoms with van der Waals surface area (Å²) in [6, 6.07) is 11.1. The third kappa shape index (κ3) is 6.72. The summed E-state index contributed by atoms with van der Waals surface area (Å²) in [5.74, 6) is 6.35. The van der Waals surface area contributed by atoms with E-state index in [1.807, 2.05) is 11.8 Å². The first-order valence-corrected chi connectivity index (χ1v) is 14.3. The molecule has 1 saturated heterocycles. The maximum Gasteiger partial charge on any atom is 0.413 e. The van der Waals surface area contributed by atoms with Crippen molar-refractivity contribution >= 4 is 39.4 Å². The molecule has 2 aliphatic rings. The Hall–Kier alpha value is -2.74. The minimum atomic E-state index is -3.78. The summed E-state index contributed by atoms with van der Waals surface area (Å²) in [5.41, 5.74) is 0.393. The van der Waals surface area contributed by atoms with Gasteiger partial charge in [-0.1, -0.05) is 5.92 Å². The van der Waals surface area contributed by atoms with E-state index in [9.17, 15) is 13.2 Å². The van der Waals surface area contributed by atoms with Crippen LogP contribution in [0.1, 0.15) is 40.5 Å². The van der Waals surface area contributed by atoms with Crippen LogP contribution in [0, 0.1) is 11.8 Å². The number of piperazine rings is 1. The van der Waals surface area contributed by atoms with Crippen molar-refractivity contribution in [1.29, 1.82) is 0 Å². The molecular formula is C26H32N4O4S2. The number of amides is 1. The van der Waals surface area contributed by atoms with Gasteiger partial charge >= 0.3 is 6.09 Å². The van der Waals surface area contributed by atoms with Gasteiger partial charge in [0.15, 0.2) is 0 Å². The standard InChI is InChI=1S/C26H32N4O4S2/c1-5-6-20-18-29(15-16-30(20)19-7-9-21(10-8-19)35-22-11-12-22)36(32,33)23-13-14-24(27-17-23)28-25(31)34-26(2,3)4/h7-10,13-14,17,20,22H,11-12,15-16,18H2,1-4H3,(H,27,28,31)/t20-/m0/s1. The van der Waals surface area contributed by atoms with Gasteiger partial charge in [-0.2, -0.15) is 4.31 Å². The average molecular weight is 529 g/mol. The fraction of sp³-hybridized carbons (Fsp3) is 0.462. The highest BCUT2D eigenvalue weighted by molar-refractivity contribution is 8.00. The van der Waals surface area contributed by atoms with E-state index >= 15 is 0 Å². The Morgan fingerprint density at radius 1 is 1.14 bits per heavy atom. The second-order valence-corrected chi connectivity index (χ2v) is 13.1. The summed E-state index contributed by atoms with van der Waals surface area (Å²) in [6.07, 6.45) is 3.18. The van der Waals surface area contributed by atoms with E-state index in [1.54, 1.807) is 27.7 Å². The van der Waals surface area contributed by atoms with Gasteiger partial charge in [0.1, 0.15) is 22.4 Å². The highest BCUT2D eigenvalue weighted by atomic mass is 32.2. The van der Waals surface area contributed by atoms with E-state index in [2.05, 4.69) is 51.3 Å². The Morgan fingerprint density at radius 3 is 2.44 bits per heavy atom. The molecule has 36 heavy (non-hydrogen) atoms. The van der Waals surface area contributed by atoms with Crippen LogP contribution in [0.25, 0.3) is 0 Å². The van der Waals surface area contributed by atoms with E-state index in [-0.39, 0.29) is 23.3 Å². The van der Waals surface area contributed by atoms with Gasteiger partial charge in [-0.3, -0.25) is 5.32 Å². The molecule has 1 aliphatic heterocycles. The van der Waals surface area contributed by atoms with E-state index in [0.717, 1.165) is 10.9 Å². The van der Waals surface area contributed by atoms with Crippen LogP contribution in [-0.4, -0.2) is 60.3 Å². The van der Waals surface area contributed by atoms with Crippen LogP contribution in [0.5, 0.6) is 0 Å². The number of ether oxygens (including phenoxy) is 1. The van der Waals surface area contributed by atoms with Crippen molar-refractivity contribution in [3.8, 4) is 11.8 Å². The first kappa shape index (κ1) is 26.3. The molecule has 1 atom stereocenters. The van der Waals surface area contributed by atoms with Crippen molar-refractivity contribution in [3.05, 3.63) is 42.6 Å². The van der Waals surface area contributed by atoms with Gasteiger partial charge in [-0.25, -0.2) is 18.2 Å². The summed E-state index contributed by atoms with van der Waals surface area (Å²) in [6.45, 7) is 8.15. The predicted molar refractivity (Wildman–Crippen MR) is 143 cm³/mol. The summed E-state index contributed by atoms with van der Waals surface area (Å²) in [7, 11) is -3.78. The quantitative estimate of drug-likeness (QED) is 0.549. The molecule has 2 fully saturated rings. The van der Waals surface area contributed by atoms with Crippen LogP contribution in [-0.2, 0) is 14.8 Å². The van der Waals surface area contributed by atoms with Gasteiger partial charge in [0, 0.05) is 41.7 Å². The van der Waals surface area contributed by atoms with Gasteiger partial charge in [0.05, 0.1) is 0 Å². The van der Waals surface area contributed by atoms with E-state index in [1.165, 1.54) is 40.4 Å². The molecule has 0 spiro atoms. The number of anilines is 2. The number of hydrogen-bond acceptors (Lipinski definition) is 7. The van der Waals surface area contributed by atoms with Gasteiger partial charge in [0.25, 0.3) is 0 Å². The lowest BCUT2D eigenvalue weighted by Crippen LogP contribution is -2.54. The molecule has 0 bridgehead atoms. The molecule has 1 N–H and O–H groups in total. The van der Waals surface area contributed by atoms with Gasteiger partial charge in [0.2, 0.25) is 10.0 Å². The van der Waals surface area contributed by atoms with Crippen LogP contribution in [0.15, 0.2) is 52.4 Å². The second kappa shape index (κ2) is 10.7. The Bertz CT molecular complexity index is 1240. The van der Waals surface area contributed by atoms with Crippen molar-refractivity contribution in [2.45, 2.75) is 67.2 Å². The Morgan fingerprint density at radius 2 is 1.86 bits per heavy atom. The molecular weight excluding hydrogens is 496 g/mol. The Balaban J connectivity index is 1.43. The normalized spacial score (nSPS) is 18.8. The summed E-state index contributed by atoms with van der Waals surface area (Å²) in [5, 5.41) is 3.26. The van der Waals surface area contributed by atoms with Crippen molar-refractivity contribution in [1.82, 2.24) is 9.29 Å². The van der Waals surface area contributed by atoms with Crippen LogP contribution in [0.2, 0.25) is 0 Å². The first-order chi connectivity index (χ1) is 17.0. The maximum atomic E-state index is 13.4. The number of nitrogens with zero attached hydrogens (tertiary/aromatic N) is 3. The number of thioether (sulfide) groups is 1. The van der Waals surface area contributed by atoms with Crippen molar-refractivity contribution in [2.24, 2.45) is 0 Å². The highest BCUT2D eigenvalue weighted by Crippen LogP contribution is 2.39. The van der Waals surface area contributed by atoms with Crippen LogP contribution < -0.4 is 10.2 Å². The molecule has 1 aromatic heterocycles. The molecule has 4 rings (SSSR count). The second-order valence-electron chi connectivity index (χ2n) is 9.78. The minimum Gasteiger partial charge on any atom is -0.444 e. The molecule has 2 aromatic rings. The third-order valence-corrected chi connectivity index (χ3v) is 8.85. The Kier molecular flexibility index (Phi) is 7.83. The molecule has 0 radical (unpaired) electrons. The maximum absolute atomic E-state index is 13.4. The number of benzene rings is 1. The van der Waals surface area contributed by atoms with Gasteiger partial charge < -0.3 is 9.64 Å². The fourth-order valence-electron chi connectivity index (χ4n) is 3.83. The lowest BCUT2D eigenvalue weighted by Gasteiger charge is -2.39. The van der Waals surface area contributed by atoms with Crippen LogP contribution in [0.4, 0.5) is 16.3 Å². The zero-order chi connectivity index (χ0) is 25.9. The zero-order valence-corrected chi connectivity index (χ0v) is 22.7. The molecule has 192 valence electrons. The number of carbonyl (C=O) groups excluding carboxylic acids is 1. The van der Waals surface area contributed by atoms with Crippen LogP contribution in [0.3, 0.4) is 0 Å². The van der Waals surface area contributed by atoms with E-state index < -0.39 is 21.7 Å². The molecule has 10 heteroatoms. The molecule has 2 heterocycles. The number of carbonyl (C=O) groups is 1. The van der Waals surface area contributed by atoms with E-state index in [0.29, 0.717) is 13.1 Å². The highest BCUT2D eigenvalue weighted by Gasteiger charge is 2.34. The predicted octanol–water partition coefficient (Wildman–Crippen LogP) is 4.59. The monoisotopic (exact) mass is 528 g/mol. The summed E-state index contributed by atoms with van der Waals surface area (Å²) in [4.78, 5) is 19.5. The Labute approximate surface area is 217 Å². The van der Waals surface area contributed by atoms with E-state index in [4.69, 9.17) is 4.74 Å². The molecule has 1 saturated carbocycles. The summed E-state index contributed by atoms with van der Waals surface area (Å²) >= 11 is 1.91.